The summed E-state index contributed by atoms with van der Waals surface area (Å²) in [5, 5.41) is 91.4. The first kappa shape index (κ1) is 83.1. The van der Waals surface area contributed by atoms with Gasteiger partial charge in [-0.2, -0.15) is 0 Å². The Morgan fingerprint density at radius 2 is 0.852 bits per heavy atom. The van der Waals surface area contributed by atoms with E-state index in [0.29, 0.717) is 82.0 Å². The Morgan fingerprint density at radius 1 is 0.491 bits per heavy atom. The lowest BCUT2D eigenvalue weighted by molar-refractivity contribution is -0.315. The van der Waals surface area contributed by atoms with Crippen molar-refractivity contribution in [2.24, 2.45) is 5.41 Å². The number of pyridine rings is 9. The smallest absolute Gasteiger partial charge is 0.458 e. The van der Waals surface area contributed by atoms with Crippen molar-refractivity contribution in [2.45, 2.75) is 134 Å². The van der Waals surface area contributed by atoms with E-state index in [1.807, 2.05) is 109 Å². The van der Waals surface area contributed by atoms with Crippen molar-refractivity contribution in [3.63, 3.8) is 0 Å². The minimum atomic E-state index is -1.78. The highest BCUT2D eigenvalue weighted by atomic mass is 16.5. The number of carbonyl (C=O) groups is 6. The van der Waals surface area contributed by atoms with Gasteiger partial charge in [-0.3, -0.25) is 78.7 Å². The van der Waals surface area contributed by atoms with Crippen molar-refractivity contribution in [1.82, 2.24) is 64.9 Å². The SMILES string of the molecule is O=C(CC(CO)(CO)CO)c1ccc(CN(Cc2ccccn2)Cc2ccccn2)nc1.O=C(CNC(=O)c1ccc(CN(Cc2ccccn2)Cc2ccccn2)nc1)C[C@H]1CC[C@H](C(=O)[O-])OB1O.O=C([O-])CC(O)CC[C@H](CC(=O)c1ccc(CN(Cc2ccccn2)Cc2ccccn2)nc1)B(O)O. The maximum Gasteiger partial charge on any atom is 0.458 e. The minimum absolute atomic E-state index is 0.00309. The summed E-state index contributed by atoms with van der Waals surface area (Å²) in [7, 11) is -3.15. The van der Waals surface area contributed by atoms with Gasteiger partial charge in [0.15, 0.2) is 17.3 Å². The molecule has 9 aromatic heterocycles. The van der Waals surface area contributed by atoms with E-state index < -0.39 is 87.6 Å². The third kappa shape index (κ3) is 28.6. The summed E-state index contributed by atoms with van der Waals surface area (Å²) >= 11 is 0. The average molecular weight is 1470 g/mol. The Kier molecular flexibility index (Phi) is 33.8. The maximum absolute atomic E-state index is 12.7. The second-order valence-electron chi connectivity index (χ2n) is 26.3. The largest absolute Gasteiger partial charge is 0.550 e. The Hall–Kier alpha value is -10.5. The number of carboxylic acids is 2. The van der Waals surface area contributed by atoms with Crippen molar-refractivity contribution < 1.29 is 79.1 Å². The molecule has 10 heterocycles. The number of carbonyl (C=O) groups excluding carboxylic acids is 6. The topological polar surface area (TPSA) is 437 Å². The lowest BCUT2D eigenvalue weighted by Gasteiger charge is -2.31. The van der Waals surface area contributed by atoms with Gasteiger partial charge in [0.05, 0.1) is 101 Å². The van der Waals surface area contributed by atoms with E-state index in [2.05, 4.69) is 64.9 Å². The first-order valence-corrected chi connectivity index (χ1v) is 35.1. The summed E-state index contributed by atoms with van der Waals surface area (Å²) in [4.78, 5) is 118. The highest BCUT2D eigenvalue weighted by Gasteiger charge is 2.37. The van der Waals surface area contributed by atoms with E-state index in [4.69, 9.17) is 4.65 Å². The van der Waals surface area contributed by atoms with Crippen molar-refractivity contribution in [3.8, 4) is 0 Å². The minimum Gasteiger partial charge on any atom is -0.550 e. The summed E-state index contributed by atoms with van der Waals surface area (Å²) in [5.41, 5.74) is 7.57. The molecule has 1 fully saturated rings. The fraction of sp³-hybridized carbons (Fsp3) is 0.338. The lowest BCUT2D eigenvalue weighted by Crippen LogP contribution is -2.46. The second kappa shape index (κ2) is 43.9. The molecule has 108 heavy (non-hydrogen) atoms. The molecule has 564 valence electrons. The molecule has 0 aromatic carbocycles. The molecule has 1 amide bonds. The normalized spacial score (nSPS) is 14.0. The van der Waals surface area contributed by atoms with Crippen LogP contribution in [0.5, 0.6) is 0 Å². The van der Waals surface area contributed by atoms with Gasteiger partial charge in [-0.15, -0.1) is 0 Å². The zero-order chi connectivity index (χ0) is 77.1. The number of Topliss-reactive ketones (excluding diaryl/α,β-unsaturated/α-hetero) is 3. The number of nitrogens with one attached hydrogen (secondary N) is 1. The van der Waals surface area contributed by atoms with Crippen LogP contribution in [0, 0.1) is 5.41 Å². The molecule has 10 rings (SSSR count). The molecule has 0 saturated carbocycles. The molecule has 1 aliphatic heterocycles. The predicted octanol–water partition coefficient (Wildman–Crippen LogP) is 2.92. The van der Waals surface area contributed by atoms with Gasteiger partial charge in [0, 0.05) is 175 Å². The number of aliphatic carboxylic acids is 2. The van der Waals surface area contributed by atoms with Crippen LogP contribution in [0.25, 0.3) is 0 Å². The number of carboxylic acid groups (broad SMARTS) is 2. The van der Waals surface area contributed by atoms with Crippen LogP contribution in [-0.4, -0.2) is 183 Å². The standard InChI is InChI=1S/C27H30BN5O6.C26H31BN4O6.C24H28N4O4/c34-24(13-20-8-10-25(27(36)37)39-28(20)38)15-32-26(35)19-7-9-23(31-14-19)18-33(16-21-5-1-3-11-29-21)17-22-6-2-4-12-30-22;32-24(14-26(34)35)10-8-20(27(36)37)13-25(33)19-7-9-23(30-15-19)18-31(16-21-5-1-3-11-28-21)17-22-6-2-4-12-29-22;29-16-24(17-30,18-31)11-23(32)19-7-8-22(27-12-19)15-28(13-20-5-1-3-9-25-20)14-21-6-2-4-10-26-21/h1-7,9,11-12,14,20,25,38H,8,10,13,15-18H2,(H,32,35)(H,36,37);1-7,9,11-12,15,20,24,32,36-37H,8,10,13-14,16-18H2,(H,34,35);1-10,12,29-31H,11,13-18H2/p-2/t20-,25-;20-,24?;/m11./s1. The summed E-state index contributed by atoms with van der Waals surface area (Å²) in [5.74, 6) is -5.53. The van der Waals surface area contributed by atoms with E-state index in [0.717, 1.165) is 51.2 Å². The zero-order valence-corrected chi connectivity index (χ0v) is 59.5. The van der Waals surface area contributed by atoms with Gasteiger partial charge >= 0.3 is 14.2 Å². The number of aromatic nitrogens is 9. The quantitative estimate of drug-likeness (QED) is 0.0203. The molecule has 0 spiro atoms. The van der Waals surface area contributed by atoms with E-state index >= 15 is 0 Å². The number of hydrogen-bond donors (Lipinski definition) is 8. The molecule has 0 bridgehead atoms. The first-order valence-electron chi connectivity index (χ1n) is 35.1. The van der Waals surface area contributed by atoms with Gasteiger partial charge in [-0.1, -0.05) is 36.4 Å². The van der Waals surface area contributed by atoms with Crippen LogP contribution < -0.4 is 15.5 Å². The van der Waals surface area contributed by atoms with Crippen LogP contribution in [0.1, 0.15) is 134 Å². The number of aliphatic hydroxyl groups excluding tert-OH is 4. The molecule has 0 aliphatic carbocycles. The van der Waals surface area contributed by atoms with Crippen molar-refractivity contribution in [1.29, 1.82) is 0 Å². The van der Waals surface area contributed by atoms with Crippen molar-refractivity contribution in [2.75, 3.05) is 26.4 Å². The second-order valence-corrected chi connectivity index (χ2v) is 26.3. The highest BCUT2D eigenvalue weighted by molar-refractivity contribution is 6.46. The molecule has 1 unspecified atom stereocenters. The fourth-order valence-electron chi connectivity index (χ4n) is 11.6. The third-order valence-electron chi connectivity index (χ3n) is 17.6. The maximum atomic E-state index is 12.7. The molecular formula is C77H87B2N13O16-2. The summed E-state index contributed by atoms with van der Waals surface area (Å²) in [6, 6.07) is 44.9. The van der Waals surface area contributed by atoms with Crippen LogP contribution in [0.2, 0.25) is 11.6 Å². The van der Waals surface area contributed by atoms with Gasteiger partial charge in [-0.25, -0.2) is 0 Å². The number of rotatable bonds is 39. The molecule has 9 aromatic rings. The number of aliphatic hydroxyl groups is 4. The Balaban J connectivity index is 0.000000205. The summed E-state index contributed by atoms with van der Waals surface area (Å²) in [6.07, 6.45) is 12.2. The Labute approximate surface area is 625 Å². The van der Waals surface area contributed by atoms with Crippen LogP contribution >= 0.6 is 0 Å². The van der Waals surface area contributed by atoms with Crippen molar-refractivity contribution >= 4 is 49.4 Å². The van der Waals surface area contributed by atoms with E-state index in [9.17, 15) is 74.5 Å². The van der Waals surface area contributed by atoms with Crippen LogP contribution in [0.3, 0.4) is 0 Å². The third-order valence-corrected chi connectivity index (χ3v) is 17.6. The lowest BCUT2D eigenvalue weighted by atomic mass is 9.64. The molecule has 1 saturated heterocycles. The van der Waals surface area contributed by atoms with Crippen molar-refractivity contribution in [3.05, 3.63) is 269 Å². The van der Waals surface area contributed by atoms with E-state index in [1.165, 1.54) is 18.6 Å². The number of nitrogens with zero attached hydrogens (tertiary/aromatic N) is 12. The van der Waals surface area contributed by atoms with Gasteiger partial charge < -0.3 is 65.3 Å². The van der Waals surface area contributed by atoms with Gasteiger partial charge in [0.1, 0.15) is 0 Å². The first-order chi connectivity index (χ1) is 52.2. The van der Waals surface area contributed by atoms with E-state index in [1.54, 1.807) is 73.6 Å². The summed E-state index contributed by atoms with van der Waals surface area (Å²) in [6.45, 7) is 3.47. The van der Waals surface area contributed by atoms with Gasteiger partial charge in [-0.05, 0) is 135 Å². The molecule has 1 aliphatic rings. The molecule has 31 heteroatoms. The zero-order valence-electron chi connectivity index (χ0n) is 59.5. The van der Waals surface area contributed by atoms with Gasteiger partial charge in [0.25, 0.3) is 5.91 Å². The highest BCUT2D eigenvalue weighted by Crippen LogP contribution is 2.30. The Bertz CT molecular complexity index is 4050. The summed E-state index contributed by atoms with van der Waals surface area (Å²) < 4.78 is 5.00. The number of hydrogen-bond acceptors (Lipinski definition) is 28. The Morgan fingerprint density at radius 3 is 1.16 bits per heavy atom. The van der Waals surface area contributed by atoms with Gasteiger partial charge in [0.2, 0.25) is 0 Å². The van der Waals surface area contributed by atoms with Crippen LogP contribution in [-0.2, 0) is 77.9 Å². The van der Waals surface area contributed by atoms with Crippen LogP contribution in [0.15, 0.2) is 201 Å². The molecule has 29 nitrogen and oxygen atoms in total. The monoisotopic (exact) mass is 1470 g/mol. The molecule has 8 N–H and O–H groups in total. The fourth-order valence-corrected chi connectivity index (χ4v) is 11.6. The van der Waals surface area contributed by atoms with Crippen LogP contribution in [0.4, 0.5) is 0 Å². The molecule has 4 atom stereocenters. The molecule has 0 radical (unpaired) electrons. The molecular weight excluding hydrogens is 1380 g/mol. The van der Waals surface area contributed by atoms with E-state index in [-0.39, 0.29) is 62.4 Å². The average Bonchev–Trinajstić information content (AvgIpc) is 0.856. The number of amides is 1. The number of ketones is 3. The predicted molar refractivity (Wildman–Crippen MR) is 390 cm³/mol.